The number of rotatable bonds is 22. The average Bonchev–Trinajstić information content (AvgIpc) is 2.64. The van der Waals surface area contributed by atoms with Crippen LogP contribution in [0.3, 0.4) is 0 Å². The highest BCUT2D eigenvalue weighted by Gasteiger charge is 2.25. The van der Waals surface area contributed by atoms with Gasteiger partial charge in [0.05, 0.1) is 51.8 Å². The highest BCUT2D eigenvalue weighted by Crippen LogP contribution is 2.47. The highest BCUT2D eigenvalue weighted by molar-refractivity contribution is 7.53. The molecule has 0 aliphatic heterocycles. The van der Waals surface area contributed by atoms with E-state index in [1.54, 1.807) is 27.7 Å². The van der Waals surface area contributed by atoms with Crippen molar-refractivity contribution >= 4 is 31.1 Å². The minimum Gasteiger partial charge on any atom is -0.309 e. The molecule has 0 aliphatic carbocycles. The van der Waals surface area contributed by atoms with Crippen LogP contribution in [0.5, 0.6) is 0 Å². The van der Waals surface area contributed by atoms with E-state index in [9.17, 15) is 32.9 Å². The first-order chi connectivity index (χ1) is 16.0. The summed E-state index contributed by atoms with van der Waals surface area (Å²) in [6.45, 7) is 6.44. The van der Waals surface area contributed by atoms with E-state index in [1.807, 2.05) is 0 Å². The Morgan fingerprint density at radius 1 is 0.514 bits per heavy atom. The fourth-order valence-electron chi connectivity index (χ4n) is 2.09. The molecule has 0 amide bonds. The Kier molecular flexibility index (Phi) is 17.4. The summed E-state index contributed by atoms with van der Waals surface area (Å²) < 4.78 is 85.3. The minimum absolute atomic E-state index is 0.0135. The normalized spacial score (nSPS) is 19.3. The number of phosphoric ester groups is 3. The van der Waals surface area contributed by atoms with Gasteiger partial charge < -0.3 is 23.7 Å². The zero-order valence-electron chi connectivity index (χ0n) is 20.5. The van der Waals surface area contributed by atoms with Crippen molar-refractivity contribution in [2.45, 2.75) is 59.2 Å². The van der Waals surface area contributed by atoms with Crippen LogP contribution in [0.1, 0.15) is 47.0 Å². The highest BCUT2D eigenvalue weighted by atomic mass is 31.2. The van der Waals surface area contributed by atoms with Crippen LogP contribution in [0, 0.1) is 0 Å². The van der Waals surface area contributed by atoms with E-state index >= 15 is 0 Å². The van der Waals surface area contributed by atoms with E-state index < -0.39 is 37.2 Å². The number of hydrogen-bond acceptors (Lipinski definition) is 12. The molecule has 0 radical (unpaired) electrons. The maximum atomic E-state index is 11.9. The monoisotopic (exact) mass is 594 g/mol. The van der Waals surface area contributed by atoms with Gasteiger partial charge in [-0.3, -0.25) is 31.7 Å². The van der Waals surface area contributed by atoms with Gasteiger partial charge in [-0.15, -0.1) is 0 Å². The molecule has 0 aliphatic rings. The summed E-state index contributed by atoms with van der Waals surface area (Å²) >= 11 is 0. The van der Waals surface area contributed by atoms with E-state index in [4.69, 9.17) is 18.1 Å². The predicted octanol–water partition coefficient (Wildman–Crippen LogP) is 4.23. The minimum atomic E-state index is -4.41. The Balaban J connectivity index is 3.93. The Bertz CT molecular complexity index is 712. The van der Waals surface area contributed by atoms with Crippen LogP contribution in [0.4, 0.5) is 0 Å². The smallest absolute Gasteiger partial charge is 0.309 e. The van der Waals surface area contributed by atoms with Crippen molar-refractivity contribution in [1.29, 1.82) is 0 Å². The molecule has 0 rings (SSSR count). The molecule has 19 heteroatoms. The molecule has 15 nitrogen and oxygen atoms in total. The zero-order valence-corrected chi connectivity index (χ0v) is 24.1. The van der Waals surface area contributed by atoms with Gasteiger partial charge in [0, 0.05) is 6.66 Å². The van der Waals surface area contributed by atoms with Crippen molar-refractivity contribution in [3.05, 3.63) is 0 Å². The van der Waals surface area contributed by atoms with Crippen molar-refractivity contribution in [2.24, 2.45) is 0 Å². The molecule has 0 saturated heterocycles. The first-order valence-corrected chi connectivity index (χ1v) is 17.2. The largest absolute Gasteiger partial charge is 0.472 e. The molecule has 0 aromatic heterocycles. The van der Waals surface area contributed by atoms with Gasteiger partial charge in [0.15, 0.2) is 0 Å². The lowest BCUT2D eigenvalue weighted by atomic mass is 10.5. The van der Waals surface area contributed by atoms with Crippen molar-refractivity contribution in [1.82, 2.24) is 0 Å². The fraction of sp³-hybridized carbons (Fsp3) is 1.00. The maximum Gasteiger partial charge on any atom is 0.472 e. The molecule has 0 aromatic carbocycles. The third-order valence-corrected chi connectivity index (χ3v) is 7.90. The van der Waals surface area contributed by atoms with Crippen LogP contribution in [0.2, 0.25) is 0 Å². The molecule has 3 N–H and O–H groups in total. The molecule has 0 spiro atoms. The summed E-state index contributed by atoms with van der Waals surface area (Å²) in [4.78, 5) is 28.5. The van der Waals surface area contributed by atoms with Crippen LogP contribution in [-0.4, -0.2) is 73.2 Å². The van der Waals surface area contributed by atoms with Crippen molar-refractivity contribution in [3.63, 3.8) is 0 Å². The first-order valence-electron chi connectivity index (χ1n) is 10.8. The average molecular weight is 594 g/mol. The van der Waals surface area contributed by atoms with Gasteiger partial charge >= 0.3 is 31.1 Å². The zero-order chi connectivity index (χ0) is 27.2. The number of hydrogen-bond donors (Lipinski definition) is 3. The van der Waals surface area contributed by atoms with Crippen LogP contribution in [-0.2, 0) is 54.5 Å². The summed E-state index contributed by atoms with van der Waals surface area (Å²) in [5, 5.41) is 0. The van der Waals surface area contributed by atoms with Crippen molar-refractivity contribution < 1.29 is 69.1 Å². The quantitative estimate of drug-likeness (QED) is 0.119. The molecule has 0 aromatic rings. The molecule has 4 unspecified atom stereocenters. The fourth-order valence-corrected chi connectivity index (χ4v) is 5.92. The van der Waals surface area contributed by atoms with Crippen molar-refractivity contribution in [3.8, 4) is 0 Å². The summed E-state index contributed by atoms with van der Waals surface area (Å²) in [5.74, 6) is 0. The second-order valence-electron chi connectivity index (χ2n) is 7.55. The van der Waals surface area contributed by atoms with Crippen LogP contribution < -0.4 is 0 Å². The lowest BCUT2D eigenvalue weighted by Crippen LogP contribution is -2.06. The molecule has 0 saturated carbocycles. The maximum absolute atomic E-state index is 11.9. The second kappa shape index (κ2) is 17.1. The molecule has 0 heterocycles. The van der Waals surface area contributed by atoms with E-state index in [2.05, 4.69) is 18.1 Å². The molecule has 0 fully saturated rings. The van der Waals surface area contributed by atoms with Gasteiger partial charge in [-0.1, -0.05) is 0 Å². The topological polar surface area (TPSA) is 203 Å². The van der Waals surface area contributed by atoms with Gasteiger partial charge in [-0.05, 0) is 47.0 Å². The van der Waals surface area contributed by atoms with Crippen molar-refractivity contribution in [2.75, 3.05) is 46.3 Å². The Morgan fingerprint density at radius 2 is 0.800 bits per heavy atom. The molecule has 35 heavy (non-hydrogen) atoms. The molecular formula is C16H38O15P4. The Morgan fingerprint density at radius 3 is 1.11 bits per heavy atom. The first kappa shape index (κ1) is 35.5. The van der Waals surface area contributed by atoms with Gasteiger partial charge in [-0.2, -0.15) is 0 Å². The SMILES string of the molecule is CC(C)OP(C)(=O)OCCCOP(=O)(O)OCCCOP(=O)(O)OCCCOP(=O)(O)OC(C)C. The summed E-state index contributed by atoms with van der Waals surface area (Å²) in [5.41, 5.74) is 0. The molecule has 212 valence electrons. The van der Waals surface area contributed by atoms with E-state index in [-0.39, 0.29) is 65.0 Å². The third kappa shape index (κ3) is 22.2. The second-order valence-corrected chi connectivity index (χ2v) is 13.9. The van der Waals surface area contributed by atoms with Gasteiger partial charge in [-0.25, -0.2) is 13.7 Å². The standard InChI is InChI=1S/C16H38O15P4/c1-15(2)30-32(5,17)24-9-6-10-25-33(18,19)26-11-7-12-27-34(20,21)28-13-8-14-29-35(22,23)31-16(3)4/h15-16H,6-14H2,1-5H3,(H,18,19)(H,20,21)(H,22,23). The Labute approximate surface area is 206 Å². The lowest BCUT2D eigenvalue weighted by Gasteiger charge is -2.17. The van der Waals surface area contributed by atoms with Gasteiger partial charge in [0.2, 0.25) is 0 Å². The summed E-state index contributed by atoms with van der Waals surface area (Å²) in [7, 11) is -16.2. The molecular weight excluding hydrogens is 556 g/mol. The Hall–Kier alpha value is 0.480. The number of phosphoric acid groups is 3. The predicted molar refractivity (Wildman–Crippen MR) is 125 cm³/mol. The molecule has 0 bridgehead atoms. The van der Waals surface area contributed by atoms with E-state index in [1.165, 1.54) is 6.66 Å². The molecule has 4 atom stereocenters. The van der Waals surface area contributed by atoms with Gasteiger partial charge in [0.1, 0.15) is 0 Å². The van der Waals surface area contributed by atoms with E-state index in [0.29, 0.717) is 0 Å². The van der Waals surface area contributed by atoms with Crippen LogP contribution in [0.25, 0.3) is 0 Å². The third-order valence-electron chi connectivity index (χ3n) is 3.21. The van der Waals surface area contributed by atoms with Gasteiger partial charge in [0.25, 0.3) is 0 Å². The van der Waals surface area contributed by atoms with E-state index in [0.717, 1.165) is 0 Å². The van der Waals surface area contributed by atoms with Crippen LogP contribution >= 0.6 is 31.1 Å². The lowest BCUT2D eigenvalue weighted by molar-refractivity contribution is 0.106. The summed E-state index contributed by atoms with van der Waals surface area (Å²) in [6, 6.07) is 0. The summed E-state index contributed by atoms with van der Waals surface area (Å²) in [6.07, 6.45) is -0.649. The van der Waals surface area contributed by atoms with Crippen LogP contribution in [0.15, 0.2) is 0 Å².